The first-order valence-corrected chi connectivity index (χ1v) is 19.7. The molecule has 0 saturated heterocycles. The van der Waals surface area contributed by atoms with Crippen molar-refractivity contribution < 1.29 is 0 Å². The fraction of sp³-hybridized carbons (Fsp3) is 0.0800. The number of imidazole rings is 2. The summed E-state index contributed by atoms with van der Waals surface area (Å²) in [5.74, 6) is 1.72. The molecule has 58 heavy (non-hydrogen) atoms. The van der Waals surface area contributed by atoms with Crippen molar-refractivity contribution in [3.8, 4) is 22.8 Å². The van der Waals surface area contributed by atoms with Crippen LogP contribution in [0, 0.1) is 0 Å². The predicted octanol–water partition coefficient (Wildman–Crippen LogP) is 11.5. The van der Waals surface area contributed by atoms with Gasteiger partial charge in [0.25, 0.3) is 0 Å². The fourth-order valence-corrected chi connectivity index (χ4v) is 8.29. The molecule has 0 saturated carbocycles. The summed E-state index contributed by atoms with van der Waals surface area (Å²) in [4.78, 5) is 16.5. The normalized spacial score (nSPS) is 16.6. The number of aromatic nitrogens is 4. The SMILES string of the molecule is c1ccc(C2CC(c3ccc(C4=NN(c5ccc(-c6nc7ccccc7[nH]6)cc5)C(c5ccccc5)C4)cc3)=NN2c2ccc(-c3nc4ccccc4[nH]3)cc2)cc1. The molecule has 7 aromatic carbocycles. The Bertz CT molecular complexity index is 2680. The van der Waals surface area contributed by atoms with Gasteiger partial charge in [-0.05, 0) is 95.1 Å². The third-order valence-electron chi connectivity index (χ3n) is 11.3. The van der Waals surface area contributed by atoms with Gasteiger partial charge in [0, 0.05) is 24.0 Å². The van der Waals surface area contributed by atoms with Gasteiger partial charge in [-0.1, -0.05) is 109 Å². The van der Waals surface area contributed by atoms with Gasteiger partial charge in [0.05, 0.1) is 56.9 Å². The van der Waals surface area contributed by atoms with Crippen molar-refractivity contribution in [2.45, 2.75) is 24.9 Å². The summed E-state index contributed by atoms with van der Waals surface area (Å²) < 4.78 is 0. The second kappa shape index (κ2) is 14.2. The third kappa shape index (κ3) is 6.21. The number of anilines is 2. The molecule has 0 amide bonds. The van der Waals surface area contributed by atoms with Crippen LogP contribution in [0.3, 0.4) is 0 Å². The van der Waals surface area contributed by atoms with E-state index in [9.17, 15) is 0 Å². The number of hydrogen-bond donors (Lipinski definition) is 2. The molecule has 0 spiro atoms. The van der Waals surface area contributed by atoms with Crippen LogP contribution in [0.2, 0.25) is 0 Å². The quantitative estimate of drug-likeness (QED) is 0.162. The number of aromatic amines is 2. The summed E-state index contributed by atoms with van der Waals surface area (Å²) in [5, 5.41) is 14.9. The molecule has 8 nitrogen and oxygen atoms in total. The highest BCUT2D eigenvalue weighted by Crippen LogP contribution is 2.40. The van der Waals surface area contributed by atoms with E-state index in [1.54, 1.807) is 0 Å². The molecule has 2 N–H and O–H groups in total. The molecule has 9 aromatic rings. The van der Waals surface area contributed by atoms with Crippen LogP contribution in [0.15, 0.2) is 192 Å². The van der Waals surface area contributed by atoms with Gasteiger partial charge in [-0.3, -0.25) is 10.0 Å². The van der Waals surface area contributed by atoms with Gasteiger partial charge in [0.2, 0.25) is 0 Å². The lowest BCUT2D eigenvalue weighted by Gasteiger charge is -2.24. The number of H-pyrrole nitrogens is 2. The zero-order chi connectivity index (χ0) is 38.4. The molecule has 8 heteroatoms. The van der Waals surface area contributed by atoms with E-state index in [4.69, 9.17) is 20.2 Å². The van der Waals surface area contributed by atoms with Crippen LogP contribution in [-0.2, 0) is 0 Å². The van der Waals surface area contributed by atoms with Gasteiger partial charge >= 0.3 is 0 Å². The van der Waals surface area contributed by atoms with E-state index in [2.05, 4.69) is 166 Å². The van der Waals surface area contributed by atoms with Crippen LogP contribution in [0.4, 0.5) is 11.4 Å². The Morgan fingerprint density at radius 1 is 0.379 bits per heavy atom. The topological polar surface area (TPSA) is 88.6 Å². The summed E-state index contributed by atoms with van der Waals surface area (Å²) in [5.41, 5.74) is 15.0. The maximum absolute atomic E-state index is 5.28. The molecule has 0 radical (unpaired) electrons. The summed E-state index contributed by atoms with van der Waals surface area (Å²) in [6.45, 7) is 0. The number of fused-ring (bicyclic) bond motifs is 2. The molecule has 0 fully saturated rings. The number of rotatable bonds is 8. The van der Waals surface area contributed by atoms with Crippen LogP contribution in [0.1, 0.15) is 47.2 Å². The Labute approximate surface area is 335 Å². The second-order valence-corrected chi connectivity index (χ2v) is 14.9. The molecule has 0 aliphatic carbocycles. The molecule has 278 valence electrons. The van der Waals surface area contributed by atoms with Crippen molar-refractivity contribution in [2.24, 2.45) is 10.2 Å². The smallest absolute Gasteiger partial charge is 0.138 e. The third-order valence-corrected chi connectivity index (χ3v) is 11.3. The molecule has 2 unspecified atom stereocenters. The van der Waals surface area contributed by atoms with Gasteiger partial charge in [0.15, 0.2) is 0 Å². The van der Waals surface area contributed by atoms with Crippen molar-refractivity contribution in [1.29, 1.82) is 0 Å². The van der Waals surface area contributed by atoms with Crippen LogP contribution < -0.4 is 10.0 Å². The van der Waals surface area contributed by atoms with E-state index in [-0.39, 0.29) is 12.1 Å². The minimum atomic E-state index is 0.0746. The van der Waals surface area contributed by atoms with Gasteiger partial charge in [0.1, 0.15) is 11.6 Å². The van der Waals surface area contributed by atoms with Crippen molar-refractivity contribution >= 4 is 44.9 Å². The number of para-hydroxylation sites is 4. The largest absolute Gasteiger partial charge is 0.338 e. The molecule has 4 heterocycles. The Kier molecular flexibility index (Phi) is 8.24. The second-order valence-electron chi connectivity index (χ2n) is 14.9. The molecule has 2 aliphatic rings. The van der Waals surface area contributed by atoms with E-state index in [0.29, 0.717) is 0 Å². The van der Waals surface area contributed by atoms with Gasteiger partial charge in [-0.25, -0.2) is 9.97 Å². The number of hydrazone groups is 2. The zero-order valence-corrected chi connectivity index (χ0v) is 31.6. The summed E-state index contributed by atoms with van der Waals surface area (Å²) in [6.07, 6.45) is 1.59. The first-order chi connectivity index (χ1) is 28.7. The van der Waals surface area contributed by atoms with Crippen LogP contribution in [-0.4, -0.2) is 31.4 Å². The van der Waals surface area contributed by atoms with E-state index in [1.165, 1.54) is 11.1 Å². The number of benzene rings is 7. The minimum Gasteiger partial charge on any atom is -0.338 e. The Balaban J connectivity index is 0.875. The summed E-state index contributed by atoms with van der Waals surface area (Å²) in [6, 6.07) is 63.6. The van der Waals surface area contributed by atoms with Crippen LogP contribution in [0.5, 0.6) is 0 Å². The monoisotopic (exact) mass is 750 g/mol. The summed E-state index contributed by atoms with van der Waals surface area (Å²) in [7, 11) is 0. The lowest BCUT2D eigenvalue weighted by atomic mass is 9.95. The minimum absolute atomic E-state index is 0.0746. The Hall–Kier alpha value is -7.58. The van der Waals surface area contributed by atoms with Crippen LogP contribution >= 0.6 is 0 Å². The average Bonchev–Trinajstić information content (AvgIpc) is 4.12. The molecule has 0 bridgehead atoms. The summed E-state index contributed by atoms with van der Waals surface area (Å²) >= 11 is 0. The van der Waals surface area contributed by atoms with E-state index in [0.717, 1.165) is 91.6 Å². The lowest BCUT2D eigenvalue weighted by molar-refractivity contribution is 0.709. The van der Waals surface area contributed by atoms with Gasteiger partial charge < -0.3 is 9.97 Å². The molecule has 11 rings (SSSR count). The number of nitrogens with zero attached hydrogens (tertiary/aromatic N) is 6. The average molecular weight is 751 g/mol. The number of hydrogen-bond acceptors (Lipinski definition) is 6. The van der Waals surface area contributed by atoms with Gasteiger partial charge in [-0.15, -0.1) is 0 Å². The van der Waals surface area contributed by atoms with E-state index in [1.807, 2.05) is 36.4 Å². The Morgan fingerprint density at radius 3 is 1.14 bits per heavy atom. The Morgan fingerprint density at radius 2 is 0.741 bits per heavy atom. The van der Waals surface area contributed by atoms with Crippen molar-refractivity contribution in [1.82, 2.24) is 19.9 Å². The van der Waals surface area contributed by atoms with Gasteiger partial charge in [-0.2, -0.15) is 10.2 Å². The molecule has 2 atom stereocenters. The molecule has 2 aromatic heterocycles. The molecular weight excluding hydrogens is 713 g/mol. The number of nitrogens with one attached hydrogen (secondary N) is 2. The van der Waals surface area contributed by atoms with Crippen molar-refractivity contribution in [2.75, 3.05) is 10.0 Å². The highest BCUT2D eigenvalue weighted by atomic mass is 15.5. The first-order valence-electron chi connectivity index (χ1n) is 19.7. The lowest BCUT2D eigenvalue weighted by Crippen LogP contribution is -2.18. The maximum Gasteiger partial charge on any atom is 0.138 e. The van der Waals surface area contributed by atoms with E-state index < -0.39 is 0 Å². The maximum atomic E-state index is 5.28. The standard InChI is InChI=1S/C50H38N8/c1-3-11-35(12-4-1)47-31-45(55-57(47)39-27-23-37(24-28-39)49-51-41-15-7-8-16-42(41)52-49)33-19-21-34(22-20-33)46-32-48(36-13-5-2-6-14-36)58(56-46)40-29-25-38(26-30-40)50-53-43-17-9-10-18-44(43)54-50/h1-30,47-48H,31-32H2,(H,51,52)(H,53,54). The fourth-order valence-electron chi connectivity index (χ4n) is 8.29. The molecular formula is C50H38N8. The van der Waals surface area contributed by atoms with E-state index >= 15 is 0 Å². The first kappa shape index (κ1) is 33.7. The van der Waals surface area contributed by atoms with Crippen LogP contribution in [0.25, 0.3) is 44.8 Å². The molecule has 2 aliphatic heterocycles. The van der Waals surface area contributed by atoms with Crippen molar-refractivity contribution in [3.63, 3.8) is 0 Å². The van der Waals surface area contributed by atoms with Crippen molar-refractivity contribution in [3.05, 3.63) is 204 Å². The highest BCUT2D eigenvalue weighted by Gasteiger charge is 2.32. The predicted molar refractivity (Wildman–Crippen MR) is 235 cm³/mol. The zero-order valence-electron chi connectivity index (χ0n) is 31.6. The highest BCUT2D eigenvalue weighted by molar-refractivity contribution is 6.06.